The van der Waals surface area contributed by atoms with Crippen LogP contribution in [0.4, 0.5) is 0 Å². The second-order valence-electron chi connectivity index (χ2n) is 8.49. The van der Waals surface area contributed by atoms with Gasteiger partial charge in [-0.25, -0.2) is 5.41 Å². The summed E-state index contributed by atoms with van der Waals surface area (Å²) < 4.78 is 7.63. The molecule has 0 fully saturated rings. The number of hydrogen-bond acceptors (Lipinski definition) is 7. The molecule has 0 saturated heterocycles. The van der Waals surface area contributed by atoms with Crippen LogP contribution in [0.1, 0.15) is 85.3 Å². The molecule has 0 N–H and O–H groups in total. The van der Waals surface area contributed by atoms with E-state index in [1.807, 2.05) is 6.07 Å². The predicted octanol–water partition coefficient (Wildman–Crippen LogP) is 8.50. The number of hydrogen-bond donors (Lipinski definition) is 0. The van der Waals surface area contributed by atoms with E-state index in [9.17, 15) is 0 Å². The Morgan fingerprint density at radius 3 is 1.85 bits per heavy atom. The summed E-state index contributed by atoms with van der Waals surface area (Å²) in [4.78, 5) is 0.685. The Balaban J connectivity index is 0. The number of ether oxygens (including phenoxy) is 1. The molecule has 1 aromatic rings. The van der Waals surface area contributed by atoms with Gasteiger partial charge in [-0.15, -0.1) is 0 Å². The third-order valence-electron chi connectivity index (χ3n) is 4.36. The van der Waals surface area contributed by atoms with Crippen LogP contribution < -0.4 is 4.74 Å². The quantitative estimate of drug-likeness (QED) is 0.182. The van der Waals surface area contributed by atoms with Crippen molar-refractivity contribution in [3.05, 3.63) is 43.2 Å². The first-order chi connectivity index (χ1) is 14.9. The van der Waals surface area contributed by atoms with Gasteiger partial charge in [0.05, 0.1) is 6.61 Å². The molecule has 0 aliphatic rings. The third-order valence-corrected chi connectivity index (χ3v) is 8.37. The van der Waals surface area contributed by atoms with Crippen LogP contribution in [0.3, 0.4) is 0 Å². The van der Waals surface area contributed by atoms with Crippen LogP contribution in [0.15, 0.2) is 32.1 Å². The molecule has 1 unspecified atom stereocenters. The van der Waals surface area contributed by atoms with E-state index in [1.165, 1.54) is 5.56 Å². The summed E-state index contributed by atoms with van der Waals surface area (Å²) in [5.41, 5.74) is 2.24. The van der Waals surface area contributed by atoms with Crippen molar-refractivity contribution in [1.29, 1.82) is 0 Å². The number of benzene rings is 1. The summed E-state index contributed by atoms with van der Waals surface area (Å²) in [5, 5.41) is 2.62. The van der Waals surface area contributed by atoms with Crippen LogP contribution in [-0.2, 0) is 67.0 Å². The average Bonchev–Trinajstić information content (AvgIpc) is 2.72. The molecule has 1 atom stereocenters. The Hall–Kier alpha value is 0.574. The number of rotatable bonds is 11. The molecule has 1 nitrogen and oxygen atoms in total. The minimum absolute atomic E-state index is 0. The van der Waals surface area contributed by atoms with Crippen LogP contribution in [0.2, 0.25) is 0 Å². The van der Waals surface area contributed by atoms with E-state index in [1.54, 1.807) is 28.9 Å². The molecule has 0 aliphatic carbocycles. The molecule has 0 radical (unpaired) electrons. The van der Waals surface area contributed by atoms with Gasteiger partial charge in [0.25, 0.3) is 0 Å². The van der Waals surface area contributed by atoms with Crippen molar-refractivity contribution in [3.63, 3.8) is 0 Å². The van der Waals surface area contributed by atoms with Crippen molar-refractivity contribution >= 4 is 78.9 Å². The molecule has 0 aliphatic heterocycles. The minimum Gasteiger partial charge on any atom is -0.789 e. The van der Waals surface area contributed by atoms with Crippen LogP contribution >= 0.6 is 23.5 Å². The summed E-state index contributed by atoms with van der Waals surface area (Å²) in [6, 6.07) is 6.29. The summed E-state index contributed by atoms with van der Waals surface area (Å²) in [6.07, 6.45) is 2.15. The van der Waals surface area contributed by atoms with Crippen LogP contribution in [0.25, 0.3) is 4.91 Å². The van der Waals surface area contributed by atoms with Gasteiger partial charge < -0.3 is 55.3 Å². The molecule has 0 heterocycles. The van der Waals surface area contributed by atoms with E-state index in [-0.39, 0.29) is 16.5 Å². The standard InChI is InChI=1S/C17H26OS2.C8H16S4.Ni/c1-5-13(4)14-6-7-16(18-9-8-12(2)3)15(10-14)17(20)11-19;1-5(2)11-7(9)8(10)12-6(3)4;/h6-7,10-13,19-20H,5,8-9H2,1-4H3;5-6,9-10H,1-4H3;/p-4/b17-11-;8-7-;. The van der Waals surface area contributed by atoms with Crippen molar-refractivity contribution in [2.24, 2.45) is 5.92 Å². The minimum atomic E-state index is 0. The van der Waals surface area contributed by atoms with E-state index < -0.39 is 0 Å². The van der Waals surface area contributed by atoms with E-state index in [0.717, 1.165) is 32.6 Å². The van der Waals surface area contributed by atoms with Gasteiger partial charge in [0.1, 0.15) is 5.75 Å². The molecule has 1 aromatic carbocycles. The smallest absolute Gasteiger partial charge is 0.124 e. The van der Waals surface area contributed by atoms with Gasteiger partial charge in [-0.2, -0.15) is 36.9 Å². The van der Waals surface area contributed by atoms with Gasteiger partial charge in [0.2, 0.25) is 0 Å². The molecular formula is C25H38NiOS6-4. The molecule has 33 heavy (non-hydrogen) atoms. The second kappa shape index (κ2) is 19.7. The van der Waals surface area contributed by atoms with Gasteiger partial charge >= 0.3 is 0 Å². The molecule has 0 spiro atoms. The fourth-order valence-electron chi connectivity index (χ4n) is 2.40. The molecule has 0 aromatic heterocycles. The Kier molecular flexibility index (Phi) is 21.4. The first-order valence-electron chi connectivity index (χ1n) is 11.1. The zero-order valence-electron chi connectivity index (χ0n) is 20.9. The third kappa shape index (κ3) is 16.0. The zero-order valence-corrected chi connectivity index (χ0v) is 26.8. The van der Waals surface area contributed by atoms with Crippen LogP contribution in [-0.4, -0.2) is 17.1 Å². The van der Waals surface area contributed by atoms with E-state index in [0.29, 0.717) is 33.8 Å². The SMILES string of the molecule is CC(C)S/C([S-])=C(/[S-])SC(C)C.CCC(C)c1ccc(OCCC(C)C)c(/C([S-])=C/[S-])c1.[Ni]. The average molecular weight is 606 g/mol. The largest absolute Gasteiger partial charge is 0.789 e. The monoisotopic (exact) mass is 604 g/mol. The van der Waals surface area contributed by atoms with Crippen molar-refractivity contribution in [1.82, 2.24) is 0 Å². The van der Waals surface area contributed by atoms with E-state index >= 15 is 0 Å². The van der Waals surface area contributed by atoms with Crippen molar-refractivity contribution in [2.75, 3.05) is 6.61 Å². The number of thioether (sulfide) groups is 2. The fourth-order valence-corrected chi connectivity index (χ4v) is 5.47. The van der Waals surface area contributed by atoms with Crippen LogP contribution in [0, 0.1) is 5.92 Å². The van der Waals surface area contributed by atoms with Gasteiger partial charge in [-0.05, 0) is 47.9 Å². The predicted molar refractivity (Wildman–Crippen MR) is 160 cm³/mol. The molecule has 0 bridgehead atoms. The van der Waals surface area contributed by atoms with Crippen molar-refractivity contribution in [2.45, 2.75) is 84.6 Å². The van der Waals surface area contributed by atoms with E-state index in [2.05, 4.69) is 67.5 Å². The summed E-state index contributed by atoms with van der Waals surface area (Å²) in [6.45, 7) is 18.0. The van der Waals surface area contributed by atoms with Gasteiger partial charge in [-0.3, -0.25) is 0 Å². The molecule has 194 valence electrons. The summed E-state index contributed by atoms with van der Waals surface area (Å²) >= 11 is 24.0. The Bertz CT molecular complexity index is 714. The van der Waals surface area contributed by atoms with Gasteiger partial charge in [0.15, 0.2) is 0 Å². The Morgan fingerprint density at radius 2 is 1.45 bits per heavy atom. The molecule has 0 saturated carbocycles. The molecule has 0 amide bonds. The zero-order chi connectivity index (χ0) is 24.8. The summed E-state index contributed by atoms with van der Waals surface area (Å²) in [5.74, 6) is 2.01. The van der Waals surface area contributed by atoms with Crippen molar-refractivity contribution in [3.8, 4) is 5.75 Å². The first kappa shape index (κ1) is 35.7. The maximum absolute atomic E-state index is 5.89. The molecular weight excluding hydrogens is 567 g/mol. The normalized spacial score (nSPS) is 13.2. The van der Waals surface area contributed by atoms with E-state index in [4.69, 9.17) is 55.3 Å². The van der Waals surface area contributed by atoms with Gasteiger partial charge in [0, 0.05) is 27.0 Å². The topological polar surface area (TPSA) is 9.23 Å². The Morgan fingerprint density at radius 1 is 0.939 bits per heavy atom. The first-order valence-corrected chi connectivity index (χ1v) is 14.6. The Labute approximate surface area is 244 Å². The molecule has 1 rings (SSSR count). The maximum atomic E-state index is 5.89. The molecule has 8 heteroatoms. The summed E-state index contributed by atoms with van der Waals surface area (Å²) in [7, 11) is 0. The second-order valence-corrected chi connectivity index (χ2v) is 13.7. The maximum Gasteiger partial charge on any atom is 0.124 e. The van der Waals surface area contributed by atoms with Gasteiger partial charge in [-0.1, -0.05) is 61.5 Å². The van der Waals surface area contributed by atoms with Crippen LogP contribution in [0.5, 0.6) is 5.75 Å². The fraction of sp³-hybridized carbons (Fsp3) is 0.600. The van der Waals surface area contributed by atoms with Crippen molar-refractivity contribution < 1.29 is 21.2 Å².